The summed E-state index contributed by atoms with van der Waals surface area (Å²) < 4.78 is 5.91. The van der Waals surface area contributed by atoms with Crippen LogP contribution in [0, 0.1) is 0 Å². The van der Waals surface area contributed by atoms with E-state index in [-0.39, 0.29) is 5.43 Å². The van der Waals surface area contributed by atoms with Gasteiger partial charge in [0.25, 0.3) is 0 Å². The maximum atomic E-state index is 12.4. The van der Waals surface area contributed by atoms with Crippen molar-refractivity contribution in [1.82, 2.24) is 0 Å². The minimum absolute atomic E-state index is 0.0219. The molecule has 3 aromatic rings. The number of fused-ring (bicyclic) bond motifs is 1. The molecule has 1 aromatic heterocycles. The molecule has 114 valence electrons. The van der Waals surface area contributed by atoms with E-state index in [1.807, 2.05) is 42.5 Å². The molecule has 0 N–H and O–H groups in total. The molecule has 0 aliphatic heterocycles. The van der Waals surface area contributed by atoms with Crippen molar-refractivity contribution in [1.29, 1.82) is 0 Å². The van der Waals surface area contributed by atoms with Crippen LogP contribution < -0.4 is 5.43 Å². The lowest BCUT2D eigenvalue weighted by atomic mass is 10.1. The number of hydrogen-bond acceptors (Lipinski definition) is 2. The molecule has 2 nitrogen and oxygen atoms in total. The molecule has 0 saturated carbocycles. The molecule has 0 spiro atoms. The Kier molecular flexibility index (Phi) is 4.57. The fourth-order valence-electron chi connectivity index (χ4n) is 2.39. The summed E-state index contributed by atoms with van der Waals surface area (Å²) in [6.07, 6.45) is 4.63. The Morgan fingerprint density at radius 3 is 2.52 bits per heavy atom. The van der Waals surface area contributed by atoms with Crippen LogP contribution in [0.1, 0.15) is 11.1 Å². The molecule has 1 heterocycles. The maximum Gasteiger partial charge on any atom is 0.193 e. The molecule has 2 aromatic carbocycles. The van der Waals surface area contributed by atoms with E-state index < -0.39 is 0 Å². The van der Waals surface area contributed by atoms with Gasteiger partial charge in [-0.2, -0.15) is 0 Å². The monoisotopic (exact) mass is 338 g/mol. The Balaban J connectivity index is 2.08. The second kappa shape index (κ2) is 6.62. The highest BCUT2D eigenvalue weighted by atomic mass is 31.1. The Hall–Kier alpha value is -2.01. The highest BCUT2D eigenvalue weighted by Gasteiger charge is 2.08. The lowest BCUT2D eigenvalue weighted by molar-refractivity contribution is 0.619. The summed E-state index contributed by atoms with van der Waals surface area (Å²) in [7, 11) is 3.56. The second-order valence-corrected chi connectivity index (χ2v) is 6.46. The van der Waals surface area contributed by atoms with Crippen LogP contribution in [-0.4, -0.2) is 6.30 Å². The number of rotatable bonds is 4. The van der Waals surface area contributed by atoms with E-state index in [0.29, 0.717) is 16.7 Å². The fourth-order valence-corrected chi connectivity index (χ4v) is 2.98. The first kappa shape index (κ1) is 15.9. The van der Waals surface area contributed by atoms with Gasteiger partial charge in [-0.05, 0) is 29.4 Å². The van der Waals surface area contributed by atoms with E-state index in [9.17, 15) is 4.79 Å². The molecule has 3 rings (SSSR count). The highest BCUT2D eigenvalue weighted by Crippen LogP contribution is 2.27. The number of benzene rings is 2. The largest absolute Gasteiger partial charge is 0.456 e. The van der Waals surface area contributed by atoms with E-state index in [4.69, 9.17) is 4.42 Å². The van der Waals surface area contributed by atoms with Crippen molar-refractivity contribution in [3.63, 3.8) is 0 Å². The zero-order valence-corrected chi connectivity index (χ0v) is 14.6. The van der Waals surface area contributed by atoms with Gasteiger partial charge in [-0.25, -0.2) is 0 Å². The minimum Gasteiger partial charge on any atom is -0.456 e. The van der Waals surface area contributed by atoms with E-state index in [0.717, 1.165) is 36.4 Å². The van der Waals surface area contributed by atoms with E-state index in [2.05, 4.69) is 22.1 Å². The van der Waals surface area contributed by atoms with Crippen molar-refractivity contribution < 1.29 is 4.42 Å². The zero-order chi connectivity index (χ0) is 16.4. The van der Waals surface area contributed by atoms with Gasteiger partial charge in [0.05, 0.1) is 5.39 Å². The summed E-state index contributed by atoms with van der Waals surface area (Å²) in [5.74, 6) is 0.575. The van der Waals surface area contributed by atoms with E-state index >= 15 is 0 Å². The third-order valence-electron chi connectivity index (χ3n) is 3.72. The Morgan fingerprint density at radius 2 is 1.87 bits per heavy atom. The zero-order valence-electron chi connectivity index (χ0n) is 12.6. The van der Waals surface area contributed by atoms with Gasteiger partial charge in [-0.1, -0.05) is 51.4 Å². The van der Waals surface area contributed by atoms with Gasteiger partial charge in [0.15, 0.2) is 5.43 Å². The lowest BCUT2D eigenvalue weighted by Gasteiger charge is -2.06. The van der Waals surface area contributed by atoms with E-state index in [1.165, 1.54) is 0 Å². The molecule has 0 aliphatic carbocycles. The van der Waals surface area contributed by atoms with Crippen molar-refractivity contribution in [2.75, 3.05) is 0 Å². The normalized spacial score (nSPS) is 11.0. The molecule has 23 heavy (non-hydrogen) atoms. The van der Waals surface area contributed by atoms with Gasteiger partial charge in [0.1, 0.15) is 11.3 Å². The van der Waals surface area contributed by atoms with Gasteiger partial charge in [-0.3, -0.25) is 4.79 Å². The van der Waals surface area contributed by atoms with Crippen LogP contribution in [0.4, 0.5) is 0 Å². The average Bonchev–Trinajstić information content (AvgIpc) is 2.60. The molecular formula is C19H16O2P2. The summed E-state index contributed by atoms with van der Waals surface area (Å²) in [6.45, 7) is 3.97. The molecule has 1 unspecified atom stereocenters. The Bertz CT molecular complexity index is 953. The molecule has 0 bridgehead atoms. The van der Waals surface area contributed by atoms with Crippen molar-refractivity contribution >= 4 is 40.0 Å². The SMILES string of the molecule is C=PC(=C)c1ccc(-c2cc(=O)c3cc(CP)ccc3o2)cc1. The molecule has 0 radical (unpaired) electrons. The standard InChI is InChI=1S/C19H16O2P2/c1-12(23-2)14-4-6-15(7-5-14)19-10-17(20)16-9-13(11-22)3-8-18(16)21-19/h3-10H,1-2,11,22H2. The molecule has 0 amide bonds. The quantitative estimate of drug-likeness (QED) is 0.613. The first-order valence-corrected chi connectivity index (χ1v) is 9.05. The van der Waals surface area contributed by atoms with Crippen molar-refractivity contribution in [3.8, 4) is 11.3 Å². The molecular weight excluding hydrogens is 322 g/mol. The van der Waals surface area contributed by atoms with Gasteiger partial charge >= 0.3 is 0 Å². The summed E-state index contributed by atoms with van der Waals surface area (Å²) in [6, 6.07) is 15.1. The molecule has 0 saturated heterocycles. The second-order valence-electron chi connectivity index (χ2n) is 5.19. The summed E-state index contributed by atoms with van der Waals surface area (Å²) in [5.41, 5.74) is 3.60. The van der Waals surface area contributed by atoms with Gasteiger partial charge < -0.3 is 4.42 Å². The molecule has 0 fully saturated rings. The smallest absolute Gasteiger partial charge is 0.193 e. The van der Waals surface area contributed by atoms with Crippen molar-refractivity contribution in [3.05, 3.63) is 76.5 Å². The topological polar surface area (TPSA) is 30.2 Å². The molecule has 0 aliphatic rings. The maximum absolute atomic E-state index is 12.4. The first-order chi connectivity index (χ1) is 11.1. The van der Waals surface area contributed by atoms with Gasteiger partial charge in [0, 0.05) is 16.9 Å². The van der Waals surface area contributed by atoms with Crippen molar-refractivity contribution in [2.24, 2.45) is 0 Å². The lowest BCUT2D eigenvalue weighted by Crippen LogP contribution is -2.00. The van der Waals surface area contributed by atoms with Crippen LogP contribution in [0.25, 0.3) is 27.6 Å². The third-order valence-corrected chi connectivity index (χ3v) is 4.83. The van der Waals surface area contributed by atoms with Crippen LogP contribution in [0.3, 0.4) is 0 Å². The Morgan fingerprint density at radius 1 is 1.13 bits per heavy atom. The first-order valence-electron chi connectivity index (χ1n) is 7.15. The van der Waals surface area contributed by atoms with Crippen molar-refractivity contribution in [2.45, 2.75) is 6.16 Å². The summed E-state index contributed by atoms with van der Waals surface area (Å²) in [5, 5.41) is 1.58. The molecule has 1 atom stereocenters. The summed E-state index contributed by atoms with van der Waals surface area (Å²) in [4.78, 5) is 12.4. The van der Waals surface area contributed by atoms with Crippen LogP contribution in [-0.2, 0) is 6.16 Å². The molecule has 4 heteroatoms. The van der Waals surface area contributed by atoms with Crippen LogP contribution in [0.5, 0.6) is 0 Å². The summed E-state index contributed by atoms with van der Waals surface area (Å²) >= 11 is 0. The fraction of sp³-hybridized carbons (Fsp3) is 0.0526. The predicted molar refractivity (Wildman–Crippen MR) is 104 cm³/mol. The predicted octanol–water partition coefficient (Wildman–Crippen LogP) is 5.18. The van der Waals surface area contributed by atoms with Gasteiger partial charge in [0.2, 0.25) is 0 Å². The Labute approximate surface area is 138 Å². The highest BCUT2D eigenvalue weighted by molar-refractivity contribution is 7.48. The number of hydrogen-bond donors (Lipinski definition) is 0. The van der Waals surface area contributed by atoms with E-state index in [1.54, 1.807) is 6.07 Å². The third kappa shape index (κ3) is 3.20. The average molecular weight is 338 g/mol. The van der Waals surface area contributed by atoms with Crippen LogP contribution in [0.15, 0.2) is 64.3 Å². The minimum atomic E-state index is -0.0219. The van der Waals surface area contributed by atoms with Crippen LogP contribution >= 0.6 is 17.4 Å². The van der Waals surface area contributed by atoms with Crippen LogP contribution in [0.2, 0.25) is 0 Å². The van der Waals surface area contributed by atoms with Gasteiger partial charge in [-0.15, -0.1) is 9.24 Å².